The van der Waals surface area contributed by atoms with Gasteiger partial charge in [0.1, 0.15) is 23.2 Å². The summed E-state index contributed by atoms with van der Waals surface area (Å²) in [6, 6.07) is 6.45. The molecule has 32 heavy (non-hydrogen) atoms. The highest BCUT2D eigenvalue weighted by Crippen LogP contribution is 2.29. The molecule has 0 spiro atoms. The molecule has 174 valence electrons. The minimum Gasteiger partial charge on any atom is -0.493 e. The van der Waals surface area contributed by atoms with Gasteiger partial charge in [-0.15, -0.1) is 0 Å². The van der Waals surface area contributed by atoms with Gasteiger partial charge < -0.3 is 20.1 Å². The molecule has 0 heterocycles. The summed E-state index contributed by atoms with van der Waals surface area (Å²) in [6.45, 7) is 0.430. The van der Waals surface area contributed by atoms with E-state index < -0.39 is 41.7 Å². The minimum atomic E-state index is -3.02. The van der Waals surface area contributed by atoms with Crippen LogP contribution in [0.5, 0.6) is 11.5 Å². The Morgan fingerprint density at radius 3 is 2.25 bits per heavy atom. The van der Waals surface area contributed by atoms with Crippen molar-refractivity contribution in [3.05, 3.63) is 59.2 Å². The van der Waals surface area contributed by atoms with Crippen LogP contribution in [0.25, 0.3) is 0 Å². The van der Waals surface area contributed by atoms with E-state index in [4.69, 9.17) is 4.74 Å². The Kier molecular flexibility index (Phi) is 8.86. The second kappa shape index (κ2) is 11.4. The van der Waals surface area contributed by atoms with Crippen LogP contribution < -0.4 is 20.1 Å². The molecule has 0 radical (unpaired) electrons. The summed E-state index contributed by atoms with van der Waals surface area (Å²) in [5.41, 5.74) is -0.170. The maximum atomic E-state index is 13.8. The molecular formula is C22H24F4N2O4. The third kappa shape index (κ3) is 6.60. The van der Waals surface area contributed by atoms with Crippen molar-refractivity contribution in [2.45, 2.75) is 32.9 Å². The molecule has 0 unspecified atom stereocenters. The van der Waals surface area contributed by atoms with E-state index >= 15 is 0 Å². The molecule has 2 aromatic carbocycles. The smallest absolute Gasteiger partial charge is 0.387 e. The van der Waals surface area contributed by atoms with Gasteiger partial charge in [-0.25, -0.2) is 8.78 Å². The van der Waals surface area contributed by atoms with Gasteiger partial charge >= 0.3 is 6.61 Å². The molecule has 2 aromatic rings. The summed E-state index contributed by atoms with van der Waals surface area (Å²) in [5.74, 6) is -4.04. The first kappa shape index (κ1) is 25.0. The number of halogens is 4. The highest BCUT2D eigenvalue weighted by atomic mass is 19.3. The average Bonchev–Trinajstić information content (AvgIpc) is 2.71. The van der Waals surface area contributed by atoms with Crippen molar-refractivity contribution in [2.24, 2.45) is 5.92 Å². The molecule has 2 N–H and O–H groups in total. The molecule has 2 amide bonds. The van der Waals surface area contributed by atoms with Crippen LogP contribution in [0.2, 0.25) is 0 Å². The number of methoxy groups -OCH3 is 1. The van der Waals surface area contributed by atoms with Crippen molar-refractivity contribution in [1.82, 2.24) is 10.6 Å². The first-order valence-electron chi connectivity index (χ1n) is 9.78. The fourth-order valence-electron chi connectivity index (χ4n) is 2.97. The number of hydrogen-bond donors (Lipinski definition) is 2. The van der Waals surface area contributed by atoms with Crippen molar-refractivity contribution < 1.29 is 36.6 Å². The maximum absolute atomic E-state index is 13.8. The van der Waals surface area contributed by atoms with E-state index in [2.05, 4.69) is 15.4 Å². The lowest BCUT2D eigenvalue weighted by Crippen LogP contribution is -2.50. The average molecular weight is 456 g/mol. The highest BCUT2D eigenvalue weighted by Gasteiger charge is 2.27. The lowest BCUT2D eigenvalue weighted by atomic mass is 10.0. The molecule has 0 saturated heterocycles. The van der Waals surface area contributed by atoms with Crippen molar-refractivity contribution in [1.29, 1.82) is 0 Å². The second-order valence-corrected chi connectivity index (χ2v) is 7.20. The molecule has 0 aromatic heterocycles. The number of amides is 2. The predicted octanol–water partition coefficient (Wildman–Crippen LogP) is 3.69. The number of benzene rings is 2. The van der Waals surface area contributed by atoms with Gasteiger partial charge in [0.05, 0.1) is 7.11 Å². The van der Waals surface area contributed by atoms with Crippen LogP contribution in [0.3, 0.4) is 0 Å². The Balaban J connectivity index is 2.01. The first-order chi connectivity index (χ1) is 15.1. The van der Waals surface area contributed by atoms with Gasteiger partial charge in [-0.05, 0) is 42.2 Å². The molecule has 10 heteroatoms. The number of ether oxygens (including phenoxy) is 2. The Hall–Kier alpha value is -3.30. The third-order valence-corrected chi connectivity index (χ3v) is 4.58. The SMILES string of the molecule is COc1ccc(CCNC(=O)[C@@H](NC(=O)c2c(F)cccc2F)C(C)C)cc1OC(F)F. The Labute approximate surface area is 182 Å². The number of nitrogens with one attached hydrogen (secondary N) is 2. The van der Waals surface area contributed by atoms with Crippen LogP contribution in [0.15, 0.2) is 36.4 Å². The predicted molar refractivity (Wildman–Crippen MR) is 109 cm³/mol. The van der Waals surface area contributed by atoms with Crippen LogP contribution in [0.4, 0.5) is 17.6 Å². The molecule has 0 bridgehead atoms. The number of alkyl halides is 2. The number of hydrogen-bond acceptors (Lipinski definition) is 4. The van der Waals surface area contributed by atoms with Crippen molar-refractivity contribution in [2.75, 3.05) is 13.7 Å². The molecular weight excluding hydrogens is 432 g/mol. The van der Waals surface area contributed by atoms with E-state index in [1.165, 1.54) is 19.2 Å². The molecule has 6 nitrogen and oxygen atoms in total. The number of rotatable bonds is 10. The standard InChI is InChI=1S/C22H24F4N2O4/c1-12(2)19(28-20(29)18-14(23)5-4-6-15(18)24)21(30)27-10-9-13-7-8-16(31-3)17(11-13)32-22(25)26/h4-8,11-12,19,22H,9-10H2,1-3H3,(H,27,30)(H,28,29)/t19-/m0/s1. The summed E-state index contributed by atoms with van der Waals surface area (Å²) in [7, 11) is 1.32. The number of carbonyl (C=O) groups excluding carboxylic acids is 2. The zero-order chi connectivity index (χ0) is 23.8. The topological polar surface area (TPSA) is 76.7 Å². The Bertz CT molecular complexity index is 933. The van der Waals surface area contributed by atoms with E-state index in [0.717, 1.165) is 18.2 Å². The molecule has 0 aliphatic heterocycles. The van der Waals surface area contributed by atoms with Crippen LogP contribution in [0, 0.1) is 17.6 Å². The summed E-state index contributed by atoms with van der Waals surface area (Å²) in [4.78, 5) is 24.9. The summed E-state index contributed by atoms with van der Waals surface area (Å²) >= 11 is 0. The Morgan fingerprint density at radius 2 is 1.69 bits per heavy atom. The third-order valence-electron chi connectivity index (χ3n) is 4.58. The molecule has 0 saturated carbocycles. The molecule has 2 rings (SSSR count). The Morgan fingerprint density at radius 1 is 1.03 bits per heavy atom. The van der Waals surface area contributed by atoms with Crippen LogP contribution in [-0.2, 0) is 11.2 Å². The van der Waals surface area contributed by atoms with Gasteiger partial charge in [0.15, 0.2) is 11.5 Å². The fraction of sp³-hybridized carbons (Fsp3) is 0.364. The monoisotopic (exact) mass is 456 g/mol. The van der Waals surface area contributed by atoms with Crippen LogP contribution in [-0.4, -0.2) is 38.1 Å². The van der Waals surface area contributed by atoms with E-state index in [1.807, 2.05) is 0 Å². The van der Waals surface area contributed by atoms with Crippen LogP contribution >= 0.6 is 0 Å². The van der Waals surface area contributed by atoms with E-state index in [9.17, 15) is 27.2 Å². The van der Waals surface area contributed by atoms with Crippen molar-refractivity contribution >= 4 is 11.8 Å². The van der Waals surface area contributed by atoms with E-state index in [0.29, 0.717) is 5.56 Å². The quantitative estimate of drug-likeness (QED) is 0.535. The minimum absolute atomic E-state index is 0.117. The summed E-state index contributed by atoms with van der Waals surface area (Å²) in [6.07, 6.45) is 0.274. The second-order valence-electron chi connectivity index (χ2n) is 7.20. The van der Waals surface area contributed by atoms with Crippen LogP contribution in [0.1, 0.15) is 29.8 Å². The normalized spacial score (nSPS) is 11.9. The van der Waals surface area contributed by atoms with Crippen molar-refractivity contribution in [3.8, 4) is 11.5 Å². The van der Waals surface area contributed by atoms with Gasteiger partial charge in [-0.3, -0.25) is 9.59 Å². The van der Waals surface area contributed by atoms with E-state index in [-0.39, 0.29) is 30.4 Å². The summed E-state index contributed by atoms with van der Waals surface area (Å²) in [5, 5.41) is 4.98. The highest BCUT2D eigenvalue weighted by molar-refractivity contribution is 5.98. The lowest BCUT2D eigenvalue weighted by molar-refractivity contribution is -0.123. The molecule has 0 aliphatic carbocycles. The van der Waals surface area contributed by atoms with Gasteiger partial charge in [0.2, 0.25) is 5.91 Å². The fourth-order valence-corrected chi connectivity index (χ4v) is 2.97. The van der Waals surface area contributed by atoms with Crippen molar-refractivity contribution in [3.63, 3.8) is 0 Å². The molecule has 0 fully saturated rings. The summed E-state index contributed by atoms with van der Waals surface area (Å²) < 4.78 is 62.2. The van der Waals surface area contributed by atoms with Gasteiger partial charge in [-0.2, -0.15) is 8.78 Å². The lowest BCUT2D eigenvalue weighted by Gasteiger charge is -2.22. The molecule has 0 aliphatic rings. The first-order valence-corrected chi connectivity index (χ1v) is 9.78. The zero-order valence-corrected chi connectivity index (χ0v) is 17.8. The zero-order valence-electron chi connectivity index (χ0n) is 17.8. The van der Waals surface area contributed by atoms with Gasteiger partial charge in [0.25, 0.3) is 5.91 Å². The molecule has 1 atom stereocenters. The van der Waals surface area contributed by atoms with Gasteiger partial charge in [-0.1, -0.05) is 26.0 Å². The van der Waals surface area contributed by atoms with E-state index in [1.54, 1.807) is 19.9 Å². The number of carbonyl (C=O) groups is 2. The maximum Gasteiger partial charge on any atom is 0.387 e. The van der Waals surface area contributed by atoms with Gasteiger partial charge in [0, 0.05) is 6.54 Å². The largest absolute Gasteiger partial charge is 0.493 e.